The topological polar surface area (TPSA) is 328 Å². The smallest absolute Gasteiger partial charge is 0.239 e. The van der Waals surface area contributed by atoms with E-state index in [4.69, 9.17) is 32.8 Å². The first-order valence-corrected chi connectivity index (χ1v) is 16.4. The van der Waals surface area contributed by atoms with Gasteiger partial charge in [-0.15, -0.1) is 0 Å². The number of hydrogen-bond acceptors (Lipinski definition) is 20. The molecule has 0 amide bonds. The third-order valence-corrected chi connectivity index (χ3v) is 9.30. The van der Waals surface area contributed by atoms with Crippen molar-refractivity contribution in [2.75, 3.05) is 13.2 Å². The molecular formula is C33H40O20. The van der Waals surface area contributed by atoms with Crippen LogP contribution < -0.4 is 10.2 Å². The second-order valence-electron chi connectivity index (χ2n) is 12.9. The lowest BCUT2D eigenvalue weighted by Gasteiger charge is -2.46. The number of phenolic OH excluding ortho intramolecular Hbond substituents is 3. The third kappa shape index (κ3) is 7.52. The predicted octanol–water partition coefficient (Wildman–Crippen LogP) is -3.57. The first-order valence-electron chi connectivity index (χ1n) is 16.4. The second kappa shape index (κ2) is 15.6. The Morgan fingerprint density at radius 3 is 1.96 bits per heavy atom. The summed E-state index contributed by atoms with van der Waals surface area (Å²) in [5.41, 5.74) is -1.09. The molecule has 1 aromatic heterocycles. The van der Waals surface area contributed by atoms with Crippen molar-refractivity contribution in [1.29, 1.82) is 0 Å². The molecule has 20 nitrogen and oxygen atoms in total. The van der Waals surface area contributed by atoms with E-state index in [0.29, 0.717) is 0 Å². The molecule has 292 valence electrons. The minimum atomic E-state index is -2.00. The maximum absolute atomic E-state index is 13.7. The fraction of sp³-hybridized carbons (Fsp3) is 0.545. The summed E-state index contributed by atoms with van der Waals surface area (Å²) < 4.78 is 39.4. The van der Waals surface area contributed by atoms with Gasteiger partial charge in [-0.1, -0.05) is 0 Å². The normalized spacial score (nSPS) is 37.8. The lowest BCUT2D eigenvalue weighted by atomic mass is 9.97. The Morgan fingerprint density at radius 2 is 1.30 bits per heavy atom. The fourth-order valence-corrected chi connectivity index (χ4v) is 6.27. The van der Waals surface area contributed by atoms with Gasteiger partial charge in [0.05, 0.1) is 19.3 Å². The number of ether oxygens (including phenoxy) is 6. The first kappa shape index (κ1) is 39.0. The minimum absolute atomic E-state index is 0.136. The summed E-state index contributed by atoms with van der Waals surface area (Å²) in [6, 6.07) is 7.18. The van der Waals surface area contributed by atoms with E-state index in [-0.39, 0.29) is 22.7 Å². The maximum atomic E-state index is 13.7. The van der Waals surface area contributed by atoms with Crippen LogP contribution in [0.25, 0.3) is 22.3 Å². The van der Waals surface area contributed by atoms with Crippen LogP contribution in [0.15, 0.2) is 45.6 Å². The van der Waals surface area contributed by atoms with E-state index in [1.807, 2.05) is 0 Å². The quantitative estimate of drug-likeness (QED) is 0.100. The highest BCUT2D eigenvalue weighted by atomic mass is 16.7. The molecule has 6 rings (SSSR count). The van der Waals surface area contributed by atoms with Crippen LogP contribution in [0.3, 0.4) is 0 Å². The van der Waals surface area contributed by atoms with Gasteiger partial charge >= 0.3 is 0 Å². The summed E-state index contributed by atoms with van der Waals surface area (Å²) in [5, 5.41) is 124. The van der Waals surface area contributed by atoms with Crippen LogP contribution in [0.2, 0.25) is 0 Å². The minimum Gasteiger partial charge on any atom is -0.508 e. The Bertz CT molecular complexity index is 1780. The van der Waals surface area contributed by atoms with Gasteiger partial charge in [-0.05, 0) is 31.2 Å². The van der Waals surface area contributed by atoms with Crippen molar-refractivity contribution in [3.05, 3.63) is 46.6 Å². The van der Waals surface area contributed by atoms with Crippen LogP contribution >= 0.6 is 0 Å². The standard InChI is InChI=1S/C33H40O20/c1-10-19(38)29(52-32-25(44)23(42)20(39)16(8-34)50-32)27(46)31(48-10)47-9-17-21(40)24(43)26(45)33(51-17)53-30-22(41)18-14(37)6-13(36)7-15(18)49-28(30)11-2-4-12(35)5-3-11/h2-7,10,16-17,19-21,23-27,29,31-40,42-46H,8-9H2,1H3/t10-,16+,17+,19-,20+,21-,23-,24-,25+,26+,27-,29+,31-,32-,33-/m0/s1. The molecule has 15 atom stereocenters. The van der Waals surface area contributed by atoms with Crippen molar-refractivity contribution >= 4 is 11.0 Å². The number of aliphatic hydroxyl groups excluding tert-OH is 9. The Morgan fingerprint density at radius 1 is 0.679 bits per heavy atom. The summed E-state index contributed by atoms with van der Waals surface area (Å²) >= 11 is 0. The lowest BCUT2D eigenvalue weighted by molar-refractivity contribution is -0.361. The summed E-state index contributed by atoms with van der Waals surface area (Å²) in [4.78, 5) is 13.7. The summed E-state index contributed by atoms with van der Waals surface area (Å²) in [5.74, 6) is -2.19. The Labute approximate surface area is 298 Å². The van der Waals surface area contributed by atoms with Crippen LogP contribution in [0.4, 0.5) is 0 Å². The average Bonchev–Trinajstić information content (AvgIpc) is 3.12. The van der Waals surface area contributed by atoms with Gasteiger partial charge in [0.1, 0.15) is 95.4 Å². The molecule has 0 bridgehead atoms. The fourth-order valence-electron chi connectivity index (χ4n) is 6.27. The zero-order chi connectivity index (χ0) is 38.5. The van der Waals surface area contributed by atoms with E-state index in [1.165, 1.54) is 31.2 Å². The Balaban J connectivity index is 1.22. The lowest BCUT2D eigenvalue weighted by Crippen LogP contribution is -2.64. The van der Waals surface area contributed by atoms with E-state index in [0.717, 1.165) is 12.1 Å². The van der Waals surface area contributed by atoms with Gasteiger partial charge in [0, 0.05) is 17.7 Å². The van der Waals surface area contributed by atoms with E-state index in [1.54, 1.807) is 0 Å². The Kier molecular flexibility index (Phi) is 11.5. The van der Waals surface area contributed by atoms with E-state index in [2.05, 4.69) is 0 Å². The average molecular weight is 757 g/mol. The SMILES string of the molecule is C[C@@H]1O[C@H](OC[C@H]2O[C@@H](Oc3c(-c4ccc(O)cc4)oc4cc(O)cc(O)c4c3=O)[C@H](O)[C@@H](O)[C@H]2O)[C@@H](O)[C@H](O[C@@H]2O[C@H](CO)[C@@H](O)[C@H](O)[C@H]2O)[C@H]1O. The molecule has 3 aromatic rings. The molecule has 2 aromatic carbocycles. The van der Waals surface area contributed by atoms with Gasteiger partial charge in [-0.2, -0.15) is 0 Å². The second-order valence-corrected chi connectivity index (χ2v) is 12.9. The Hall–Kier alpha value is -3.71. The first-order chi connectivity index (χ1) is 25.1. The van der Waals surface area contributed by atoms with Crippen LogP contribution in [-0.2, 0) is 23.7 Å². The van der Waals surface area contributed by atoms with Crippen molar-refractivity contribution in [1.82, 2.24) is 0 Å². The molecule has 0 unspecified atom stereocenters. The molecule has 3 aliphatic heterocycles. The summed E-state index contributed by atoms with van der Waals surface area (Å²) in [6.45, 7) is -0.0799. The van der Waals surface area contributed by atoms with Crippen molar-refractivity contribution in [3.63, 3.8) is 0 Å². The van der Waals surface area contributed by atoms with Gasteiger partial charge in [0.2, 0.25) is 17.5 Å². The van der Waals surface area contributed by atoms with Crippen LogP contribution in [0.5, 0.6) is 23.0 Å². The molecule has 0 radical (unpaired) electrons. The highest BCUT2D eigenvalue weighted by molar-refractivity contribution is 5.88. The van der Waals surface area contributed by atoms with E-state index >= 15 is 0 Å². The highest BCUT2D eigenvalue weighted by Gasteiger charge is 2.51. The summed E-state index contributed by atoms with van der Waals surface area (Å²) in [7, 11) is 0. The maximum Gasteiger partial charge on any atom is 0.239 e. The molecule has 20 heteroatoms. The molecule has 3 aliphatic rings. The van der Waals surface area contributed by atoms with Gasteiger partial charge < -0.3 is 94.1 Å². The van der Waals surface area contributed by atoms with Crippen molar-refractivity contribution in [3.8, 4) is 34.3 Å². The molecule has 3 fully saturated rings. The predicted molar refractivity (Wildman–Crippen MR) is 171 cm³/mol. The molecule has 0 spiro atoms. The highest BCUT2D eigenvalue weighted by Crippen LogP contribution is 2.38. The molecule has 3 saturated heterocycles. The number of aliphatic hydroxyl groups is 9. The molecular weight excluding hydrogens is 716 g/mol. The number of benzene rings is 2. The van der Waals surface area contributed by atoms with E-state index < -0.39 is 133 Å². The largest absolute Gasteiger partial charge is 0.508 e. The number of hydrogen-bond donors (Lipinski definition) is 12. The number of aromatic hydroxyl groups is 3. The van der Waals surface area contributed by atoms with Crippen molar-refractivity contribution in [2.45, 2.75) is 99.0 Å². The molecule has 12 N–H and O–H groups in total. The van der Waals surface area contributed by atoms with Crippen molar-refractivity contribution < 1.29 is 94.1 Å². The molecule has 53 heavy (non-hydrogen) atoms. The molecule has 4 heterocycles. The number of phenols is 3. The zero-order valence-corrected chi connectivity index (χ0v) is 27.7. The van der Waals surface area contributed by atoms with Crippen LogP contribution in [-0.4, -0.2) is 167 Å². The zero-order valence-electron chi connectivity index (χ0n) is 27.7. The van der Waals surface area contributed by atoms with Gasteiger partial charge in [-0.25, -0.2) is 0 Å². The monoisotopic (exact) mass is 756 g/mol. The van der Waals surface area contributed by atoms with Crippen molar-refractivity contribution in [2.24, 2.45) is 0 Å². The molecule has 0 aliphatic carbocycles. The van der Waals surface area contributed by atoms with E-state index in [9.17, 15) is 66.1 Å². The van der Waals surface area contributed by atoms with Gasteiger partial charge in [0.25, 0.3) is 0 Å². The third-order valence-electron chi connectivity index (χ3n) is 9.30. The van der Waals surface area contributed by atoms with Gasteiger partial charge in [-0.3, -0.25) is 4.79 Å². The van der Waals surface area contributed by atoms with Crippen LogP contribution in [0, 0.1) is 0 Å². The summed E-state index contributed by atoms with van der Waals surface area (Å²) in [6.07, 6.45) is -25.6. The van der Waals surface area contributed by atoms with Crippen LogP contribution in [0.1, 0.15) is 6.92 Å². The number of fused-ring (bicyclic) bond motifs is 1. The van der Waals surface area contributed by atoms with Gasteiger partial charge in [0.15, 0.2) is 18.3 Å². The number of rotatable bonds is 9. The molecule has 0 saturated carbocycles.